The van der Waals surface area contributed by atoms with E-state index in [1.807, 2.05) is 40.7 Å². The number of carbonyl (C=O) groups excluding carboxylic acids is 1. The molecular weight excluding hydrogens is 412 g/mol. The highest BCUT2D eigenvalue weighted by atomic mass is 35.5. The molecule has 3 aromatic rings. The molecule has 31 heavy (non-hydrogen) atoms. The number of rotatable bonds is 5. The van der Waals surface area contributed by atoms with Gasteiger partial charge < -0.3 is 9.30 Å². The quantitative estimate of drug-likeness (QED) is 0.589. The molecule has 4 heterocycles. The average Bonchev–Trinajstić information content (AvgIpc) is 3.10. The number of amides is 1. The van der Waals surface area contributed by atoms with Crippen molar-refractivity contribution < 1.29 is 4.79 Å². The monoisotopic (exact) mass is 440 g/mol. The molecule has 0 spiro atoms. The highest BCUT2D eigenvalue weighted by Gasteiger charge is 2.26. The molecule has 3 aromatic heterocycles. The van der Waals surface area contributed by atoms with Crippen LogP contribution in [0.1, 0.15) is 66.9 Å². The topological polar surface area (TPSA) is 66.6 Å². The predicted octanol–water partition coefficient (Wildman–Crippen LogP) is 4.38. The molecule has 0 unspecified atom stereocenters. The molecule has 0 aromatic carbocycles. The van der Waals surface area contributed by atoms with Gasteiger partial charge in [0.15, 0.2) is 5.69 Å². The lowest BCUT2D eigenvalue weighted by Crippen LogP contribution is -2.35. The van der Waals surface area contributed by atoms with Crippen LogP contribution in [0.3, 0.4) is 0 Å². The Morgan fingerprint density at radius 2 is 1.90 bits per heavy atom. The van der Waals surface area contributed by atoms with Gasteiger partial charge in [0.25, 0.3) is 5.91 Å². The van der Waals surface area contributed by atoms with E-state index in [4.69, 9.17) is 16.6 Å². The molecule has 164 valence electrons. The van der Waals surface area contributed by atoms with E-state index in [0.717, 1.165) is 43.0 Å². The van der Waals surface area contributed by atoms with Crippen LogP contribution in [0.25, 0.3) is 5.65 Å². The molecule has 1 fully saturated rings. The molecule has 0 saturated carbocycles. The number of imidazole rings is 1. The summed E-state index contributed by atoms with van der Waals surface area (Å²) in [6.07, 6.45) is 10.9. The summed E-state index contributed by atoms with van der Waals surface area (Å²) >= 11 is 6.29. The number of fused-ring (bicyclic) bond motifs is 1. The lowest BCUT2D eigenvalue weighted by molar-refractivity contribution is 0.0734. The second-order valence-electron chi connectivity index (χ2n) is 8.27. The first-order valence-electron chi connectivity index (χ1n) is 11.0. The fourth-order valence-corrected chi connectivity index (χ4v) is 4.30. The Balaban J connectivity index is 1.67. The van der Waals surface area contributed by atoms with Crippen molar-refractivity contribution in [1.29, 1.82) is 0 Å². The zero-order chi connectivity index (χ0) is 21.8. The summed E-state index contributed by atoms with van der Waals surface area (Å²) in [6, 6.07) is 5.64. The molecule has 4 rings (SSSR count). The van der Waals surface area contributed by atoms with Gasteiger partial charge in [0, 0.05) is 38.1 Å². The summed E-state index contributed by atoms with van der Waals surface area (Å²) in [6.45, 7) is 4.22. The Kier molecular flexibility index (Phi) is 6.83. The van der Waals surface area contributed by atoms with Gasteiger partial charge in [-0.1, -0.05) is 30.9 Å². The summed E-state index contributed by atoms with van der Waals surface area (Å²) in [5.41, 5.74) is 3.04. The van der Waals surface area contributed by atoms with E-state index < -0.39 is 0 Å². The third-order valence-electron chi connectivity index (χ3n) is 6.12. The Hall–Kier alpha value is -2.51. The highest BCUT2D eigenvalue weighted by molar-refractivity contribution is 6.30. The average molecular weight is 441 g/mol. The van der Waals surface area contributed by atoms with Gasteiger partial charge in [0.05, 0.1) is 16.4 Å². The summed E-state index contributed by atoms with van der Waals surface area (Å²) in [5.74, 6) is 0.0137. The van der Waals surface area contributed by atoms with Gasteiger partial charge in [-0.05, 0) is 45.0 Å². The van der Waals surface area contributed by atoms with Crippen LogP contribution in [0, 0.1) is 0 Å². The van der Waals surface area contributed by atoms with Gasteiger partial charge >= 0.3 is 0 Å². The summed E-state index contributed by atoms with van der Waals surface area (Å²) in [7, 11) is 2.03. The summed E-state index contributed by atoms with van der Waals surface area (Å²) in [5, 5.41) is 0.614. The fourth-order valence-electron chi connectivity index (χ4n) is 4.14. The molecule has 0 N–H and O–H groups in total. The van der Waals surface area contributed by atoms with Crippen LogP contribution >= 0.6 is 11.6 Å². The number of hydrogen-bond donors (Lipinski definition) is 0. The summed E-state index contributed by atoms with van der Waals surface area (Å²) < 4.78 is 1.95. The summed E-state index contributed by atoms with van der Waals surface area (Å²) in [4.78, 5) is 30.8. The van der Waals surface area contributed by atoms with Crippen LogP contribution in [0.15, 0.2) is 36.9 Å². The van der Waals surface area contributed by atoms with Crippen molar-refractivity contribution in [1.82, 2.24) is 29.2 Å². The maximum absolute atomic E-state index is 13.5. The first kappa shape index (κ1) is 21.7. The fraction of sp³-hybridized carbons (Fsp3) is 0.478. The van der Waals surface area contributed by atoms with E-state index >= 15 is 0 Å². The van der Waals surface area contributed by atoms with E-state index in [2.05, 4.69) is 21.8 Å². The van der Waals surface area contributed by atoms with Crippen molar-refractivity contribution >= 4 is 23.2 Å². The molecule has 1 amide bonds. The first-order chi connectivity index (χ1) is 15.0. The van der Waals surface area contributed by atoms with Gasteiger partial charge in [0.1, 0.15) is 12.0 Å². The molecule has 0 bridgehead atoms. The third-order valence-corrected chi connectivity index (χ3v) is 6.34. The van der Waals surface area contributed by atoms with Gasteiger partial charge in [-0.15, -0.1) is 0 Å². The molecule has 1 aliphatic heterocycles. The number of halogens is 1. The number of carbonyl (C=O) groups is 1. The number of nitrogens with zero attached hydrogens (tertiary/aromatic N) is 6. The molecule has 1 atom stereocenters. The van der Waals surface area contributed by atoms with Crippen LogP contribution in [0.2, 0.25) is 5.02 Å². The normalized spacial score (nSPS) is 16.3. The number of aromatic nitrogens is 4. The van der Waals surface area contributed by atoms with Crippen LogP contribution < -0.4 is 0 Å². The third kappa shape index (κ3) is 4.88. The second kappa shape index (κ2) is 9.75. The van der Waals surface area contributed by atoms with Gasteiger partial charge in [0.2, 0.25) is 0 Å². The number of pyridine rings is 1. The minimum Gasteiger partial charge on any atom is -0.337 e. The van der Waals surface area contributed by atoms with Crippen molar-refractivity contribution in [3.05, 3.63) is 59.0 Å². The minimum atomic E-state index is 0.0137. The molecular formula is C23H29ClN6O. The molecule has 8 heteroatoms. The predicted molar refractivity (Wildman–Crippen MR) is 121 cm³/mol. The van der Waals surface area contributed by atoms with Gasteiger partial charge in [-0.25, -0.2) is 15.0 Å². The van der Waals surface area contributed by atoms with E-state index in [-0.39, 0.29) is 11.9 Å². The zero-order valence-corrected chi connectivity index (χ0v) is 18.9. The number of hydrogen-bond acceptors (Lipinski definition) is 5. The second-order valence-corrected chi connectivity index (χ2v) is 8.70. The Morgan fingerprint density at radius 1 is 1.16 bits per heavy atom. The molecule has 1 aliphatic rings. The molecule has 7 nitrogen and oxygen atoms in total. The Labute approximate surface area is 188 Å². The van der Waals surface area contributed by atoms with E-state index in [9.17, 15) is 4.79 Å². The zero-order valence-electron chi connectivity index (χ0n) is 18.2. The van der Waals surface area contributed by atoms with Crippen LogP contribution in [0.4, 0.5) is 0 Å². The van der Waals surface area contributed by atoms with E-state index in [1.54, 1.807) is 12.5 Å². The minimum absolute atomic E-state index is 0.0137. The lowest BCUT2D eigenvalue weighted by atomic mass is 10.1. The van der Waals surface area contributed by atoms with Crippen molar-refractivity contribution in [2.45, 2.75) is 51.6 Å². The van der Waals surface area contributed by atoms with Gasteiger partial charge in [-0.2, -0.15) is 0 Å². The standard InChI is InChI=1S/C23H29ClN6O/c1-17(19-10-11-25-16-26-19)28(2)15-20-22(27-21-9-8-18(24)14-30(20)21)23(31)29-12-6-4-3-5-7-13-29/h8-11,14,16-17H,3-7,12-13,15H2,1-2H3/t17-/m0/s1. The molecule has 1 saturated heterocycles. The first-order valence-corrected chi connectivity index (χ1v) is 11.3. The van der Waals surface area contributed by atoms with E-state index in [1.165, 1.54) is 19.3 Å². The molecule has 0 radical (unpaired) electrons. The van der Waals surface area contributed by atoms with Crippen LogP contribution in [0.5, 0.6) is 0 Å². The highest BCUT2D eigenvalue weighted by Crippen LogP contribution is 2.24. The Morgan fingerprint density at radius 3 is 2.61 bits per heavy atom. The van der Waals surface area contributed by atoms with E-state index in [0.29, 0.717) is 17.3 Å². The Bertz CT molecular complexity index is 1030. The number of likely N-dealkylation sites (tertiary alicyclic amines) is 1. The molecule has 0 aliphatic carbocycles. The largest absolute Gasteiger partial charge is 0.337 e. The van der Waals surface area contributed by atoms with Gasteiger partial charge in [-0.3, -0.25) is 9.69 Å². The van der Waals surface area contributed by atoms with Crippen LogP contribution in [-0.2, 0) is 6.54 Å². The SMILES string of the molecule is C[C@@H](c1ccncn1)N(C)Cc1c(C(=O)N2CCCCCCC2)nc2ccc(Cl)cn12. The van der Waals surface area contributed by atoms with Crippen molar-refractivity contribution in [2.24, 2.45) is 0 Å². The maximum atomic E-state index is 13.5. The van der Waals surface area contributed by atoms with Crippen LogP contribution in [-0.4, -0.2) is 55.2 Å². The smallest absolute Gasteiger partial charge is 0.274 e. The lowest BCUT2D eigenvalue weighted by Gasteiger charge is -2.26. The van der Waals surface area contributed by atoms with Crippen molar-refractivity contribution in [2.75, 3.05) is 20.1 Å². The van der Waals surface area contributed by atoms with Crippen molar-refractivity contribution in [3.63, 3.8) is 0 Å². The maximum Gasteiger partial charge on any atom is 0.274 e. The van der Waals surface area contributed by atoms with Crippen molar-refractivity contribution in [3.8, 4) is 0 Å².